The maximum Gasteiger partial charge on any atom is 0.242 e. The molecule has 5 nitrogen and oxygen atoms in total. The van der Waals surface area contributed by atoms with Crippen LogP contribution in [0.2, 0.25) is 5.02 Å². The van der Waals surface area contributed by atoms with Crippen molar-refractivity contribution < 1.29 is 9.59 Å². The van der Waals surface area contributed by atoms with Crippen LogP contribution in [-0.4, -0.2) is 51.2 Å². The lowest BCUT2D eigenvalue weighted by molar-refractivity contribution is -0.140. The standard InChI is InChI=1S/C23H31Cl2N3O2/c1-5-26(23(30)18(4)24)16-22(29)28(13-17(2)3)15-20-10-8-12-27(20)14-19-9-6-7-11-21(19)25/h6-12,17-18H,5,13-16H2,1-4H3. The van der Waals surface area contributed by atoms with Crippen LogP contribution >= 0.6 is 23.2 Å². The van der Waals surface area contributed by atoms with Crippen molar-refractivity contribution in [2.45, 2.75) is 46.2 Å². The number of amides is 2. The molecule has 30 heavy (non-hydrogen) atoms. The van der Waals surface area contributed by atoms with Crippen molar-refractivity contribution in [3.8, 4) is 0 Å². The zero-order chi connectivity index (χ0) is 22.3. The van der Waals surface area contributed by atoms with E-state index in [0.717, 1.165) is 16.3 Å². The predicted molar refractivity (Wildman–Crippen MR) is 123 cm³/mol. The summed E-state index contributed by atoms with van der Waals surface area (Å²) in [6.45, 7) is 9.82. The maximum absolute atomic E-state index is 13.1. The number of nitrogens with zero attached hydrogens (tertiary/aromatic N) is 3. The first-order chi connectivity index (χ1) is 14.2. The van der Waals surface area contributed by atoms with Crippen molar-refractivity contribution in [2.75, 3.05) is 19.6 Å². The van der Waals surface area contributed by atoms with Crippen LogP contribution in [-0.2, 0) is 22.7 Å². The normalized spacial score (nSPS) is 12.1. The summed E-state index contributed by atoms with van der Waals surface area (Å²) in [7, 11) is 0. The molecule has 1 atom stereocenters. The number of hydrogen-bond donors (Lipinski definition) is 0. The number of hydrogen-bond acceptors (Lipinski definition) is 2. The van der Waals surface area contributed by atoms with Crippen molar-refractivity contribution in [1.29, 1.82) is 0 Å². The van der Waals surface area contributed by atoms with Crippen LogP contribution in [0.5, 0.6) is 0 Å². The summed E-state index contributed by atoms with van der Waals surface area (Å²) >= 11 is 12.3. The molecule has 0 N–H and O–H groups in total. The number of aromatic nitrogens is 1. The van der Waals surface area contributed by atoms with E-state index in [4.69, 9.17) is 23.2 Å². The molecule has 164 valence electrons. The average Bonchev–Trinajstić information content (AvgIpc) is 3.12. The van der Waals surface area contributed by atoms with Crippen molar-refractivity contribution in [2.24, 2.45) is 5.92 Å². The Bertz CT molecular complexity index is 848. The van der Waals surface area contributed by atoms with Gasteiger partial charge in [-0.25, -0.2) is 0 Å². The highest BCUT2D eigenvalue weighted by Crippen LogP contribution is 2.18. The molecule has 0 saturated heterocycles. The summed E-state index contributed by atoms with van der Waals surface area (Å²) in [6.07, 6.45) is 1.99. The van der Waals surface area contributed by atoms with Crippen LogP contribution in [0.15, 0.2) is 42.6 Å². The number of carbonyl (C=O) groups excluding carboxylic acids is 2. The van der Waals surface area contributed by atoms with Gasteiger partial charge in [-0.05, 0) is 43.5 Å². The van der Waals surface area contributed by atoms with Crippen LogP contribution in [0.1, 0.15) is 39.0 Å². The molecule has 2 amide bonds. The fourth-order valence-electron chi connectivity index (χ4n) is 3.31. The molecule has 0 radical (unpaired) electrons. The summed E-state index contributed by atoms with van der Waals surface area (Å²) in [5.74, 6) is -0.000484. The van der Waals surface area contributed by atoms with Crippen molar-refractivity contribution in [3.05, 3.63) is 58.9 Å². The Labute approximate surface area is 189 Å². The van der Waals surface area contributed by atoms with Crippen molar-refractivity contribution in [1.82, 2.24) is 14.4 Å². The van der Waals surface area contributed by atoms with Crippen LogP contribution < -0.4 is 0 Å². The third kappa shape index (κ3) is 6.78. The first-order valence-electron chi connectivity index (χ1n) is 10.3. The molecule has 0 aliphatic rings. The minimum atomic E-state index is -0.649. The fourth-order valence-corrected chi connectivity index (χ4v) is 3.64. The second-order valence-electron chi connectivity index (χ2n) is 7.86. The molecule has 0 saturated carbocycles. The second kappa shape index (κ2) is 11.4. The quantitative estimate of drug-likeness (QED) is 0.493. The molecule has 1 heterocycles. The summed E-state index contributed by atoms with van der Waals surface area (Å²) in [6, 6.07) is 11.7. The first kappa shape index (κ1) is 24.3. The Morgan fingerprint density at radius 3 is 2.37 bits per heavy atom. The van der Waals surface area contributed by atoms with Gasteiger partial charge in [-0.1, -0.05) is 43.6 Å². The highest BCUT2D eigenvalue weighted by molar-refractivity contribution is 6.31. The lowest BCUT2D eigenvalue weighted by atomic mass is 10.2. The summed E-state index contributed by atoms with van der Waals surface area (Å²) in [5.41, 5.74) is 2.04. The Hall–Kier alpha value is -1.98. The van der Waals surface area contributed by atoms with Crippen LogP contribution in [0, 0.1) is 5.92 Å². The van der Waals surface area contributed by atoms with Gasteiger partial charge in [0.15, 0.2) is 0 Å². The van der Waals surface area contributed by atoms with E-state index in [1.807, 2.05) is 54.4 Å². The number of alkyl halides is 1. The topological polar surface area (TPSA) is 45.6 Å². The number of rotatable bonds is 10. The number of halogens is 2. The van der Waals surface area contributed by atoms with Crippen LogP contribution in [0.4, 0.5) is 0 Å². The van der Waals surface area contributed by atoms with Crippen molar-refractivity contribution >= 4 is 35.0 Å². The summed E-state index contributed by atoms with van der Waals surface area (Å²) in [4.78, 5) is 28.7. The van der Waals surface area contributed by atoms with Gasteiger partial charge in [0, 0.05) is 36.5 Å². The maximum atomic E-state index is 13.1. The molecular weight excluding hydrogens is 421 g/mol. The smallest absolute Gasteiger partial charge is 0.242 e. The largest absolute Gasteiger partial charge is 0.345 e. The molecule has 2 aromatic rings. The number of carbonyl (C=O) groups is 2. The molecule has 0 fully saturated rings. The molecule has 0 aliphatic heterocycles. The van der Waals surface area contributed by atoms with Gasteiger partial charge < -0.3 is 14.4 Å². The van der Waals surface area contributed by atoms with Gasteiger partial charge in [-0.15, -0.1) is 11.6 Å². The summed E-state index contributed by atoms with van der Waals surface area (Å²) in [5, 5.41) is 0.0729. The van der Waals surface area contributed by atoms with Gasteiger partial charge in [0.1, 0.15) is 5.38 Å². The van der Waals surface area contributed by atoms with Gasteiger partial charge in [-0.2, -0.15) is 0 Å². The molecule has 0 aliphatic carbocycles. The van der Waals surface area contributed by atoms with E-state index < -0.39 is 5.38 Å². The zero-order valence-electron chi connectivity index (χ0n) is 18.1. The Morgan fingerprint density at radius 2 is 1.77 bits per heavy atom. The Balaban J connectivity index is 2.17. The van der Waals surface area contributed by atoms with E-state index in [-0.39, 0.29) is 18.4 Å². The minimum absolute atomic E-state index is 0.0321. The van der Waals surface area contributed by atoms with Gasteiger partial charge in [0.05, 0.1) is 13.1 Å². The van der Waals surface area contributed by atoms with Crippen LogP contribution in [0.3, 0.4) is 0 Å². The molecule has 1 aromatic carbocycles. The SMILES string of the molecule is CCN(CC(=O)N(Cc1cccn1Cc1ccccc1Cl)CC(C)C)C(=O)C(C)Cl. The molecule has 0 spiro atoms. The Kier molecular flexibility index (Phi) is 9.25. The van der Waals surface area contributed by atoms with Gasteiger partial charge >= 0.3 is 0 Å². The lowest BCUT2D eigenvalue weighted by Gasteiger charge is -2.29. The Morgan fingerprint density at radius 1 is 1.07 bits per heavy atom. The highest BCUT2D eigenvalue weighted by atomic mass is 35.5. The van der Waals surface area contributed by atoms with E-state index in [1.165, 1.54) is 4.90 Å². The monoisotopic (exact) mass is 451 g/mol. The van der Waals surface area contributed by atoms with Gasteiger partial charge in [0.2, 0.25) is 11.8 Å². The van der Waals surface area contributed by atoms with E-state index in [0.29, 0.717) is 32.1 Å². The number of benzene rings is 1. The van der Waals surface area contributed by atoms with Gasteiger partial charge in [-0.3, -0.25) is 9.59 Å². The van der Waals surface area contributed by atoms with E-state index >= 15 is 0 Å². The average molecular weight is 452 g/mol. The number of likely N-dealkylation sites (N-methyl/N-ethyl adjacent to an activating group) is 1. The summed E-state index contributed by atoms with van der Waals surface area (Å²) < 4.78 is 2.10. The van der Waals surface area contributed by atoms with Gasteiger partial charge in [0.25, 0.3) is 0 Å². The third-order valence-electron chi connectivity index (χ3n) is 4.87. The van der Waals surface area contributed by atoms with E-state index in [2.05, 4.69) is 18.4 Å². The molecule has 0 bridgehead atoms. The second-order valence-corrected chi connectivity index (χ2v) is 8.92. The van der Waals surface area contributed by atoms with E-state index in [9.17, 15) is 9.59 Å². The van der Waals surface area contributed by atoms with Crippen LogP contribution in [0.25, 0.3) is 0 Å². The van der Waals surface area contributed by atoms with E-state index in [1.54, 1.807) is 6.92 Å². The predicted octanol–water partition coefficient (Wildman–Crippen LogP) is 4.65. The molecule has 7 heteroatoms. The minimum Gasteiger partial charge on any atom is -0.345 e. The molecule has 2 rings (SSSR count). The molecule has 1 aromatic heterocycles. The third-order valence-corrected chi connectivity index (χ3v) is 5.43. The molecular formula is C23H31Cl2N3O2. The van der Waals surface area contributed by atoms with Crippen molar-refractivity contribution in [3.63, 3.8) is 0 Å². The molecule has 1 unspecified atom stereocenters. The highest BCUT2D eigenvalue weighted by Gasteiger charge is 2.24. The fraction of sp³-hybridized carbons (Fsp3) is 0.478. The first-order valence-corrected chi connectivity index (χ1v) is 11.1. The lowest BCUT2D eigenvalue weighted by Crippen LogP contribution is -2.45. The zero-order valence-corrected chi connectivity index (χ0v) is 19.7.